The summed E-state index contributed by atoms with van der Waals surface area (Å²) in [7, 11) is 0. The Balaban J connectivity index is 2.00. The van der Waals surface area contributed by atoms with E-state index in [0.29, 0.717) is 18.8 Å². The van der Waals surface area contributed by atoms with E-state index in [9.17, 15) is 14.4 Å². The summed E-state index contributed by atoms with van der Waals surface area (Å²) in [5.74, 6) is -0.369. The molecule has 2 rings (SSSR count). The Morgan fingerprint density at radius 3 is 2.77 bits per heavy atom. The van der Waals surface area contributed by atoms with Gasteiger partial charge in [-0.3, -0.25) is 15.0 Å². The molecule has 2 fully saturated rings. The number of imide groups is 1. The largest absolute Gasteiger partial charge is 0.365 e. The molecule has 22 heavy (non-hydrogen) atoms. The summed E-state index contributed by atoms with van der Waals surface area (Å²) in [4.78, 5) is 36.6. The number of hydrogen-bond donors (Lipinski definition) is 2. The summed E-state index contributed by atoms with van der Waals surface area (Å²) in [5, 5.41) is 3.53. The maximum atomic E-state index is 12.5. The molecule has 1 heterocycles. The Kier molecular flexibility index (Phi) is 4.85. The molecule has 0 bridgehead atoms. The zero-order valence-corrected chi connectivity index (χ0v) is 13.1. The van der Waals surface area contributed by atoms with Gasteiger partial charge >= 0.3 is 6.03 Å². The maximum Gasteiger partial charge on any atom is 0.344 e. The molecule has 7 heteroatoms. The highest BCUT2D eigenvalue weighted by Crippen LogP contribution is 2.35. The van der Waals surface area contributed by atoms with Crippen LogP contribution in [-0.4, -0.2) is 41.1 Å². The first-order valence-corrected chi connectivity index (χ1v) is 7.59. The maximum absolute atomic E-state index is 12.5. The molecule has 0 radical (unpaired) electrons. The standard InChI is InChI=1S/C15H23N3O4/c1-4-9-22-11(3)12(19)17-18-13(20)15(16-14(18)21)7-5-10(2)6-8-15/h4,10-11H,1,5-9H2,2-3H3,(H,16,21)(H,17,19)/t10?,11-,15?/m1/s1. The minimum Gasteiger partial charge on any atom is -0.365 e. The number of urea groups is 1. The zero-order chi connectivity index (χ0) is 16.3. The molecule has 2 aliphatic rings. The molecule has 7 nitrogen and oxygen atoms in total. The van der Waals surface area contributed by atoms with Gasteiger partial charge in [0, 0.05) is 0 Å². The van der Waals surface area contributed by atoms with E-state index < -0.39 is 23.6 Å². The van der Waals surface area contributed by atoms with Crippen LogP contribution < -0.4 is 10.7 Å². The van der Waals surface area contributed by atoms with E-state index in [1.807, 2.05) is 0 Å². The van der Waals surface area contributed by atoms with E-state index >= 15 is 0 Å². The summed E-state index contributed by atoms with van der Waals surface area (Å²) in [6.45, 7) is 7.40. The third-order valence-corrected chi connectivity index (χ3v) is 4.34. The van der Waals surface area contributed by atoms with Crippen LogP contribution in [0.15, 0.2) is 12.7 Å². The van der Waals surface area contributed by atoms with Gasteiger partial charge in [0.15, 0.2) is 0 Å². The molecule has 1 saturated heterocycles. The second-order valence-corrected chi connectivity index (χ2v) is 6.08. The van der Waals surface area contributed by atoms with Gasteiger partial charge in [0.2, 0.25) is 0 Å². The lowest BCUT2D eigenvalue weighted by molar-refractivity contribution is -0.144. The van der Waals surface area contributed by atoms with Crippen LogP contribution in [0.1, 0.15) is 39.5 Å². The van der Waals surface area contributed by atoms with Crippen molar-refractivity contribution in [2.24, 2.45) is 5.92 Å². The van der Waals surface area contributed by atoms with E-state index in [0.717, 1.165) is 17.9 Å². The number of hydrazine groups is 1. The molecule has 1 aliphatic carbocycles. The number of rotatable bonds is 5. The first-order chi connectivity index (χ1) is 10.4. The van der Waals surface area contributed by atoms with Gasteiger partial charge in [0.25, 0.3) is 11.8 Å². The summed E-state index contributed by atoms with van der Waals surface area (Å²) in [6.07, 6.45) is 3.72. The van der Waals surface area contributed by atoms with Gasteiger partial charge in [-0.2, -0.15) is 5.01 Å². The topological polar surface area (TPSA) is 87.7 Å². The lowest BCUT2D eigenvalue weighted by atomic mass is 9.77. The molecule has 0 aromatic heterocycles. The molecule has 0 unspecified atom stereocenters. The van der Waals surface area contributed by atoms with E-state index in [1.165, 1.54) is 6.08 Å². The molecular formula is C15H23N3O4. The first kappa shape index (κ1) is 16.5. The lowest BCUT2D eigenvalue weighted by Crippen LogP contribution is -2.53. The Morgan fingerprint density at radius 1 is 1.55 bits per heavy atom. The van der Waals surface area contributed by atoms with Crippen LogP contribution in [0, 0.1) is 5.92 Å². The van der Waals surface area contributed by atoms with Crippen molar-refractivity contribution in [2.45, 2.75) is 51.2 Å². The fourth-order valence-electron chi connectivity index (χ4n) is 2.80. The molecular weight excluding hydrogens is 286 g/mol. The van der Waals surface area contributed by atoms with E-state index in [1.54, 1.807) is 6.92 Å². The summed E-state index contributed by atoms with van der Waals surface area (Å²) < 4.78 is 5.18. The van der Waals surface area contributed by atoms with Gasteiger partial charge < -0.3 is 10.1 Å². The molecule has 4 amide bonds. The second-order valence-electron chi connectivity index (χ2n) is 6.08. The van der Waals surface area contributed by atoms with Crippen LogP contribution in [0.2, 0.25) is 0 Å². The third kappa shape index (κ3) is 3.14. The van der Waals surface area contributed by atoms with Crippen molar-refractivity contribution in [3.63, 3.8) is 0 Å². The predicted molar refractivity (Wildman–Crippen MR) is 79.5 cm³/mol. The smallest absolute Gasteiger partial charge is 0.344 e. The van der Waals surface area contributed by atoms with Gasteiger partial charge in [-0.05, 0) is 38.5 Å². The third-order valence-electron chi connectivity index (χ3n) is 4.34. The summed E-state index contributed by atoms with van der Waals surface area (Å²) >= 11 is 0. The van der Waals surface area contributed by atoms with Crippen molar-refractivity contribution in [1.29, 1.82) is 0 Å². The van der Waals surface area contributed by atoms with Crippen LogP contribution in [0.4, 0.5) is 4.79 Å². The Hall–Kier alpha value is -1.89. The highest BCUT2D eigenvalue weighted by Gasteiger charge is 2.53. The van der Waals surface area contributed by atoms with Crippen molar-refractivity contribution < 1.29 is 19.1 Å². The molecule has 122 valence electrons. The highest BCUT2D eigenvalue weighted by molar-refractivity contribution is 6.08. The Bertz CT molecular complexity index is 483. The minimum atomic E-state index is -0.859. The number of carbonyl (C=O) groups excluding carboxylic acids is 3. The summed E-state index contributed by atoms with van der Waals surface area (Å²) in [6, 6.07) is -0.580. The lowest BCUT2D eigenvalue weighted by Gasteiger charge is -2.33. The number of hydrogen-bond acceptors (Lipinski definition) is 4. The number of ether oxygens (including phenoxy) is 1. The van der Waals surface area contributed by atoms with Crippen LogP contribution in [0.5, 0.6) is 0 Å². The molecule has 1 saturated carbocycles. The zero-order valence-electron chi connectivity index (χ0n) is 13.1. The molecule has 1 atom stereocenters. The van der Waals surface area contributed by atoms with Gasteiger partial charge in [-0.15, -0.1) is 6.58 Å². The van der Waals surface area contributed by atoms with Crippen molar-refractivity contribution in [1.82, 2.24) is 15.8 Å². The second kappa shape index (κ2) is 6.48. The number of nitrogens with zero attached hydrogens (tertiary/aromatic N) is 1. The van der Waals surface area contributed by atoms with Gasteiger partial charge in [0.1, 0.15) is 11.6 Å². The summed E-state index contributed by atoms with van der Waals surface area (Å²) in [5.41, 5.74) is 1.48. The van der Waals surface area contributed by atoms with Crippen molar-refractivity contribution in [3.05, 3.63) is 12.7 Å². The number of nitrogens with one attached hydrogen (secondary N) is 2. The molecule has 0 aromatic carbocycles. The van der Waals surface area contributed by atoms with Gasteiger partial charge in [-0.1, -0.05) is 13.0 Å². The van der Waals surface area contributed by atoms with Gasteiger partial charge in [-0.25, -0.2) is 4.79 Å². The Labute approximate surface area is 130 Å². The van der Waals surface area contributed by atoms with Crippen molar-refractivity contribution >= 4 is 17.8 Å². The van der Waals surface area contributed by atoms with Crippen LogP contribution >= 0.6 is 0 Å². The Morgan fingerprint density at radius 2 is 2.18 bits per heavy atom. The van der Waals surface area contributed by atoms with Crippen LogP contribution in [0.25, 0.3) is 0 Å². The normalized spacial score (nSPS) is 29.4. The van der Waals surface area contributed by atoms with E-state index in [2.05, 4.69) is 24.2 Å². The van der Waals surface area contributed by atoms with Gasteiger partial charge in [0.05, 0.1) is 6.61 Å². The van der Waals surface area contributed by atoms with Crippen LogP contribution in [0.3, 0.4) is 0 Å². The highest BCUT2D eigenvalue weighted by atomic mass is 16.5. The van der Waals surface area contributed by atoms with E-state index in [4.69, 9.17) is 4.74 Å². The number of carbonyl (C=O) groups is 3. The molecule has 1 aliphatic heterocycles. The van der Waals surface area contributed by atoms with Crippen molar-refractivity contribution in [2.75, 3.05) is 6.61 Å². The molecule has 2 N–H and O–H groups in total. The monoisotopic (exact) mass is 309 g/mol. The average molecular weight is 309 g/mol. The fourth-order valence-corrected chi connectivity index (χ4v) is 2.80. The predicted octanol–water partition coefficient (Wildman–Crippen LogP) is 1.11. The minimum absolute atomic E-state index is 0.219. The fraction of sp³-hybridized carbons (Fsp3) is 0.667. The van der Waals surface area contributed by atoms with Crippen molar-refractivity contribution in [3.8, 4) is 0 Å². The molecule has 0 aromatic rings. The first-order valence-electron chi connectivity index (χ1n) is 7.59. The number of amides is 4. The van der Waals surface area contributed by atoms with E-state index in [-0.39, 0.29) is 12.5 Å². The quantitative estimate of drug-likeness (QED) is 0.588. The molecule has 1 spiro atoms. The SMILES string of the molecule is C=CCO[C@H](C)C(=O)NN1C(=O)NC2(CCC(C)CC2)C1=O. The average Bonchev–Trinajstić information content (AvgIpc) is 2.72. The van der Waals surface area contributed by atoms with Crippen LogP contribution in [-0.2, 0) is 14.3 Å².